The van der Waals surface area contributed by atoms with Crippen molar-refractivity contribution in [3.8, 4) is 0 Å². The zero-order chi connectivity index (χ0) is 19.4. The molecule has 1 aromatic heterocycles. The van der Waals surface area contributed by atoms with Crippen molar-refractivity contribution in [2.45, 2.75) is 42.7 Å². The van der Waals surface area contributed by atoms with E-state index < -0.39 is 11.9 Å². The van der Waals surface area contributed by atoms with Crippen LogP contribution in [0, 0.1) is 11.3 Å². The molecule has 1 aliphatic carbocycles. The number of aromatic nitrogens is 1. The van der Waals surface area contributed by atoms with Crippen LogP contribution in [-0.4, -0.2) is 60.1 Å². The minimum absolute atomic E-state index is 0.207. The number of rotatable bonds is 5. The van der Waals surface area contributed by atoms with Gasteiger partial charge in [-0.1, -0.05) is 0 Å². The van der Waals surface area contributed by atoms with Crippen LogP contribution >= 0.6 is 11.9 Å². The maximum absolute atomic E-state index is 13.0. The molecule has 0 unspecified atom stereocenters. The molecule has 28 heavy (non-hydrogen) atoms. The molecule has 1 aromatic rings. The van der Waals surface area contributed by atoms with Gasteiger partial charge >= 0.3 is 6.18 Å². The van der Waals surface area contributed by atoms with Gasteiger partial charge in [0.15, 0.2) is 0 Å². The van der Waals surface area contributed by atoms with Gasteiger partial charge in [-0.25, -0.2) is 9.29 Å². The van der Waals surface area contributed by atoms with Gasteiger partial charge in [0.2, 0.25) is 0 Å². The maximum Gasteiger partial charge on any atom is 0.433 e. The van der Waals surface area contributed by atoms with E-state index in [1.165, 1.54) is 19.4 Å². The lowest BCUT2D eigenvalue weighted by molar-refractivity contribution is -0.141. The maximum atomic E-state index is 13.0. The SMILES string of the molecule is FC(F)(F)c1ccc(SN2CC3(CN(CC4CCOCC4)C3)C2)c(C2CC2)n1. The Balaban J connectivity index is 1.14. The molecule has 1 saturated carbocycles. The second kappa shape index (κ2) is 7.15. The number of likely N-dealkylation sites (tertiary alicyclic amines) is 1. The molecule has 1 spiro atoms. The van der Waals surface area contributed by atoms with E-state index in [4.69, 9.17) is 4.74 Å². The van der Waals surface area contributed by atoms with Gasteiger partial charge in [-0.05, 0) is 55.7 Å². The zero-order valence-corrected chi connectivity index (χ0v) is 16.7. The molecule has 154 valence electrons. The van der Waals surface area contributed by atoms with Crippen molar-refractivity contribution in [1.29, 1.82) is 0 Å². The number of pyridine rings is 1. The van der Waals surface area contributed by atoms with Crippen molar-refractivity contribution in [3.05, 3.63) is 23.5 Å². The Morgan fingerprint density at radius 1 is 1.07 bits per heavy atom. The predicted molar refractivity (Wildman–Crippen MR) is 101 cm³/mol. The third kappa shape index (κ3) is 3.93. The fourth-order valence-corrected chi connectivity index (χ4v) is 6.17. The van der Waals surface area contributed by atoms with Gasteiger partial charge in [0.05, 0.1) is 5.69 Å². The Bertz CT molecular complexity index is 720. The van der Waals surface area contributed by atoms with Crippen LogP contribution in [0.2, 0.25) is 0 Å². The summed E-state index contributed by atoms with van der Waals surface area (Å²) in [4.78, 5) is 7.44. The normalized spacial score (nSPS) is 26.2. The summed E-state index contributed by atoms with van der Waals surface area (Å²) in [5, 5.41) is 0. The summed E-state index contributed by atoms with van der Waals surface area (Å²) in [5.74, 6) is 0.981. The van der Waals surface area contributed by atoms with Gasteiger partial charge in [-0.3, -0.25) is 0 Å². The molecule has 0 atom stereocenters. The number of nitrogens with zero attached hydrogens (tertiary/aromatic N) is 3. The Labute approximate surface area is 167 Å². The number of hydrogen-bond donors (Lipinski definition) is 0. The summed E-state index contributed by atoms with van der Waals surface area (Å²) in [5.41, 5.74) is 0.286. The van der Waals surface area contributed by atoms with Crippen LogP contribution in [0.5, 0.6) is 0 Å². The lowest BCUT2D eigenvalue weighted by atomic mass is 9.74. The average molecular weight is 414 g/mol. The van der Waals surface area contributed by atoms with E-state index in [9.17, 15) is 13.2 Å². The monoisotopic (exact) mass is 413 g/mol. The second-order valence-corrected chi connectivity index (χ2v) is 10.1. The molecule has 8 heteroatoms. The van der Waals surface area contributed by atoms with Crippen molar-refractivity contribution in [2.24, 2.45) is 11.3 Å². The van der Waals surface area contributed by atoms with Crippen LogP contribution in [0.25, 0.3) is 0 Å². The highest BCUT2D eigenvalue weighted by Crippen LogP contribution is 2.49. The highest BCUT2D eigenvalue weighted by atomic mass is 32.2. The average Bonchev–Trinajstić information content (AvgIpc) is 3.43. The van der Waals surface area contributed by atoms with Crippen LogP contribution in [0.15, 0.2) is 17.0 Å². The van der Waals surface area contributed by atoms with Crippen molar-refractivity contribution >= 4 is 11.9 Å². The standard InChI is InChI=1S/C20H26F3N3OS/c21-20(22,23)17-4-3-16(18(24-17)15-1-2-15)28-26-12-19(13-26)10-25(11-19)9-14-5-7-27-8-6-14/h3-4,14-15H,1-2,5-13H2. The lowest BCUT2D eigenvalue weighted by Crippen LogP contribution is -2.70. The molecule has 0 amide bonds. The Morgan fingerprint density at radius 3 is 2.43 bits per heavy atom. The first-order valence-corrected chi connectivity index (χ1v) is 11.0. The molecule has 0 bridgehead atoms. The highest BCUT2D eigenvalue weighted by Gasteiger charge is 2.52. The Morgan fingerprint density at radius 2 is 1.79 bits per heavy atom. The van der Waals surface area contributed by atoms with Crippen LogP contribution in [0.1, 0.15) is 43.0 Å². The van der Waals surface area contributed by atoms with Crippen molar-refractivity contribution in [1.82, 2.24) is 14.2 Å². The van der Waals surface area contributed by atoms with Crippen LogP contribution < -0.4 is 0 Å². The smallest absolute Gasteiger partial charge is 0.381 e. The summed E-state index contributed by atoms with van der Waals surface area (Å²) >= 11 is 1.60. The molecule has 4 nitrogen and oxygen atoms in total. The molecule has 3 aliphatic heterocycles. The number of halogens is 3. The highest BCUT2D eigenvalue weighted by molar-refractivity contribution is 7.97. The van der Waals surface area contributed by atoms with Crippen molar-refractivity contribution < 1.29 is 17.9 Å². The minimum Gasteiger partial charge on any atom is -0.381 e. The first kappa shape index (κ1) is 19.2. The van der Waals surface area contributed by atoms with E-state index in [-0.39, 0.29) is 5.92 Å². The number of ether oxygens (including phenoxy) is 1. The van der Waals surface area contributed by atoms with Gasteiger partial charge in [0.25, 0.3) is 0 Å². The first-order valence-electron chi connectivity index (χ1n) is 10.2. The van der Waals surface area contributed by atoms with E-state index in [2.05, 4.69) is 14.2 Å². The molecule has 0 N–H and O–H groups in total. The van der Waals surface area contributed by atoms with Crippen molar-refractivity contribution in [2.75, 3.05) is 45.9 Å². The van der Waals surface area contributed by atoms with Gasteiger partial charge in [-0.15, -0.1) is 0 Å². The molecule has 3 saturated heterocycles. The van der Waals surface area contributed by atoms with E-state index >= 15 is 0 Å². The minimum atomic E-state index is -4.37. The van der Waals surface area contributed by atoms with E-state index in [0.29, 0.717) is 11.1 Å². The van der Waals surface area contributed by atoms with E-state index in [1.54, 1.807) is 18.0 Å². The van der Waals surface area contributed by atoms with Gasteiger partial charge < -0.3 is 9.64 Å². The molecular formula is C20H26F3N3OS. The predicted octanol–water partition coefficient (Wildman–Crippen LogP) is 4.03. The van der Waals surface area contributed by atoms with E-state index in [1.807, 2.05) is 0 Å². The molecule has 5 rings (SSSR count). The second-order valence-electron chi connectivity index (χ2n) is 8.97. The lowest BCUT2D eigenvalue weighted by Gasteiger charge is -2.60. The summed E-state index contributed by atoms with van der Waals surface area (Å²) in [7, 11) is 0. The number of alkyl halides is 3. The summed E-state index contributed by atoms with van der Waals surface area (Å²) in [6.07, 6.45) is -0.111. The van der Waals surface area contributed by atoms with Crippen LogP contribution in [0.3, 0.4) is 0 Å². The van der Waals surface area contributed by atoms with Crippen LogP contribution in [0.4, 0.5) is 13.2 Å². The molecule has 4 aliphatic rings. The third-order valence-corrected chi connectivity index (χ3v) is 7.43. The van der Waals surface area contributed by atoms with Gasteiger partial charge in [0.1, 0.15) is 5.69 Å². The fourth-order valence-electron chi connectivity index (χ4n) is 4.78. The largest absolute Gasteiger partial charge is 0.433 e. The van der Waals surface area contributed by atoms with Crippen LogP contribution in [-0.2, 0) is 10.9 Å². The first-order chi connectivity index (χ1) is 13.4. The van der Waals surface area contributed by atoms with Gasteiger partial charge in [-0.2, -0.15) is 13.2 Å². The Hall–Kier alpha value is -0.830. The Kier molecular flexibility index (Phi) is 4.89. The van der Waals surface area contributed by atoms with E-state index in [0.717, 1.165) is 69.1 Å². The summed E-state index contributed by atoms with van der Waals surface area (Å²) in [6.45, 7) is 7.34. The molecule has 0 aromatic carbocycles. The van der Waals surface area contributed by atoms with Gasteiger partial charge in [0, 0.05) is 62.2 Å². The van der Waals surface area contributed by atoms with Crippen molar-refractivity contribution in [3.63, 3.8) is 0 Å². The summed E-state index contributed by atoms with van der Waals surface area (Å²) < 4.78 is 46.7. The molecule has 0 radical (unpaired) electrons. The molecular weight excluding hydrogens is 387 g/mol. The number of hydrogen-bond acceptors (Lipinski definition) is 5. The molecule has 4 heterocycles. The topological polar surface area (TPSA) is 28.6 Å². The molecule has 4 fully saturated rings. The quantitative estimate of drug-likeness (QED) is 0.680. The third-order valence-electron chi connectivity index (χ3n) is 6.37. The zero-order valence-electron chi connectivity index (χ0n) is 15.9. The fraction of sp³-hybridized carbons (Fsp3) is 0.750. The summed E-state index contributed by atoms with van der Waals surface area (Å²) in [6, 6.07) is 2.75.